The number of rotatable bonds is 7. The molecule has 0 radical (unpaired) electrons. The molecule has 2 rings (SSSR count). The van der Waals surface area contributed by atoms with Crippen LogP contribution in [0.4, 0.5) is 5.69 Å². The van der Waals surface area contributed by atoms with Crippen LogP contribution in [0, 0.1) is 0 Å². The first-order valence-electron chi connectivity index (χ1n) is 7.55. The minimum atomic E-state index is -3.70. The molecule has 1 aromatic heterocycles. The molecule has 134 valence electrons. The van der Waals surface area contributed by atoms with Gasteiger partial charge in [-0.3, -0.25) is 4.79 Å². The lowest BCUT2D eigenvalue weighted by atomic mass is 10.2. The van der Waals surface area contributed by atoms with E-state index in [1.165, 1.54) is 32.3 Å². The second-order valence-corrected chi connectivity index (χ2v) is 8.16. The van der Waals surface area contributed by atoms with Crippen molar-refractivity contribution in [3.05, 3.63) is 46.7 Å². The maximum Gasteiger partial charge on any atom is 0.248 e. The topological polar surface area (TPSA) is 75.7 Å². The molecule has 0 aliphatic heterocycles. The Bertz CT molecular complexity index is 857. The molecule has 0 saturated carbocycles. The van der Waals surface area contributed by atoms with E-state index < -0.39 is 10.0 Å². The number of amides is 1. The van der Waals surface area contributed by atoms with Crippen molar-refractivity contribution >= 4 is 39.0 Å². The highest BCUT2D eigenvalue weighted by atomic mass is 32.2. The van der Waals surface area contributed by atoms with E-state index in [0.29, 0.717) is 12.3 Å². The van der Waals surface area contributed by atoms with Crippen LogP contribution in [-0.4, -0.2) is 39.3 Å². The number of anilines is 1. The van der Waals surface area contributed by atoms with Gasteiger partial charge in [-0.2, -0.15) is 11.3 Å². The van der Waals surface area contributed by atoms with Gasteiger partial charge in [-0.05, 0) is 53.6 Å². The van der Waals surface area contributed by atoms with Crippen LogP contribution in [0.3, 0.4) is 0 Å². The van der Waals surface area contributed by atoms with Crippen molar-refractivity contribution in [2.45, 2.75) is 11.8 Å². The van der Waals surface area contributed by atoms with Crippen molar-refractivity contribution in [1.29, 1.82) is 0 Å². The summed E-state index contributed by atoms with van der Waals surface area (Å²) in [4.78, 5) is 12.0. The lowest BCUT2D eigenvalue weighted by Crippen LogP contribution is -2.23. The third-order valence-electron chi connectivity index (χ3n) is 3.24. The molecular formula is C17H20N2O4S2. The zero-order chi connectivity index (χ0) is 18.4. The smallest absolute Gasteiger partial charge is 0.248 e. The van der Waals surface area contributed by atoms with Crippen molar-refractivity contribution in [1.82, 2.24) is 4.31 Å². The van der Waals surface area contributed by atoms with Gasteiger partial charge in [0.1, 0.15) is 10.6 Å². The van der Waals surface area contributed by atoms with E-state index in [1.54, 1.807) is 30.4 Å². The van der Waals surface area contributed by atoms with Crippen LogP contribution in [0.5, 0.6) is 5.75 Å². The molecule has 8 heteroatoms. The highest BCUT2D eigenvalue weighted by Crippen LogP contribution is 2.29. The fraction of sp³-hybridized carbons (Fsp3) is 0.235. The number of ether oxygens (including phenoxy) is 1. The maximum absolute atomic E-state index is 12.5. The van der Waals surface area contributed by atoms with Crippen LogP contribution in [0.15, 0.2) is 46.0 Å². The molecule has 2 aromatic rings. The average molecular weight is 380 g/mol. The summed E-state index contributed by atoms with van der Waals surface area (Å²) in [6, 6.07) is 6.44. The van der Waals surface area contributed by atoms with Crippen molar-refractivity contribution in [3.63, 3.8) is 0 Å². The first kappa shape index (κ1) is 19.2. The summed E-state index contributed by atoms with van der Waals surface area (Å²) in [5, 5.41) is 6.50. The first-order chi connectivity index (χ1) is 11.8. The van der Waals surface area contributed by atoms with Gasteiger partial charge >= 0.3 is 0 Å². The summed E-state index contributed by atoms with van der Waals surface area (Å²) in [6.07, 6.45) is 3.09. The number of carbonyl (C=O) groups is 1. The molecule has 1 amide bonds. The quantitative estimate of drug-likeness (QED) is 0.749. The molecule has 1 N–H and O–H groups in total. The summed E-state index contributed by atoms with van der Waals surface area (Å²) in [5.74, 6) is -0.0911. The number of sulfonamides is 1. The molecule has 6 nitrogen and oxygen atoms in total. The molecule has 0 atom stereocenters. The Morgan fingerprint density at radius 2 is 2.08 bits per heavy atom. The van der Waals surface area contributed by atoms with Gasteiger partial charge in [-0.1, -0.05) is 0 Å². The van der Waals surface area contributed by atoms with E-state index in [-0.39, 0.29) is 16.6 Å². The normalized spacial score (nSPS) is 11.8. The molecule has 0 unspecified atom stereocenters. The standard InChI is InChI=1S/C17H20N2O4S2/c1-4-23-15-7-6-14(11-16(15)25(21,22)19(2)3)18-17(20)8-5-13-9-10-24-12-13/h5-12H,4H2,1-3H3,(H,18,20)/b8-5+. The lowest BCUT2D eigenvalue weighted by Gasteiger charge is -2.16. The lowest BCUT2D eigenvalue weighted by molar-refractivity contribution is -0.111. The second kappa shape index (κ2) is 8.28. The van der Waals surface area contributed by atoms with E-state index in [1.807, 2.05) is 16.8 Å². The number of benzene rings is 1. The third kappa shape index (κ3) is 4.91. The Hall–Kier alpha value is -2.16. The number of nitrogens with zero attached hydrogens (tertiary/aromatic N) is 1. The van der Waals surface area contributed by atoms with Crippen LogP contribution in [0.2, 0.25) is 0 Å². The minimum absolute atomic E-state index is 0.0129. The molecule has 0 spiro atoms. The van der Waals surface area contributed by atoms with Crippen molar-refractivity contribution in [2.75, 3.05) is 26.0 Å². The zero-order valence-corrected chi connectivity index (χ0v) is 15.9. The molecule has 25 heavy (non-hydrogen) atoms. The van der Waals surface area contributed by atoms with E-state index >= 15 is 0 Å². The fourth-order valence-electron chi connectivity index (χ4n) is 1.98. The van der Waals surface area contributed by atoms with Crippen molar-refractivity contribution in [2.24, 2.45) is 0 Å². The first-order valence-corrected chi connectivity index (χ1v) is 9.93. The summed E-state index contributed by atoms with van der Waals surface area (Å²) in [7, 11) is -0.807. The number of thiophene rings is 1. The van der Waals surface area contributed by atoms with Crippen molar-refractivity contribution < 1.29 is 17.9 Å². The van der Waals surface area contributed by atoms with Crippen LogP contribution < -0.4 is 10.1 Å². The summed E-state index contributed by atoms with van der Waals surface area (Å²) < 4.78 is 31.4. The largest absolute Gasteiger partial charge is 0.492 e. The van der Waals surface area contributed by atoms with E-state index in [9.17, 15) is 13.2 Å². The number of nitrogens with one attached hydrogen (secondary N) is 1. The summed E-state index contributed by atoms with van der Waals surface area (Å²) in [6.45, 7) is 2.11. The Labute approximate surface area is 151 Å². The number of hydrogen-bond donors (Lipinski definition) is 1. The Kier molecular flexibility index (Phi) is 6.35. The fourth-order valence-corrected chi connectivity index (χ4v) is 3.66. The van der Waals surface area contributed by atoms with Crippen LogP contribution in [0.1, 0.15) is 12.5 Å². The molecular weight excluding hydrogens is 360 g/mol. The highest BCUT2D eigenvalue weighted by Gasteiger charge is 2.23. The molecule has 0 saturated heterocycles. The van der Waals surface area contributed by atoms with E-state index in [2.05, 4.69) is 5.32 Å². The third-order valence-corrected chi connectivity index (χ3v) is 5.78. The van der Waals surface area contributed by atoms with Gasteiger partial charge in [0.2, 0.25) is 15.9 Å². The number of hydrogen-bond acceptors (Lipinski definition) is 5. The van der Waals surface area contributed by atoms with Gasteiger partial charge in [0.25, 0.3) is 0 Å². The minimum Gasteiger partial charge on any atom is -0.492 e. The van der Waals surface area contributed by atoms with E-state index in [0.717, 1.165) is 9.87 Å². The second-order valence-electron chi connectivity index (χ2n) is 5.26. The zero-order valence-electron chi connectivity index (χ0n) is 14.2. The molecule has 1 aromatic carbocycles. The monoisotopic (exact) mass is 380 g/mol. The Balaban J connectivity index is 2.26. The Morgan fingerprint density at radius 3 is 2.68 bits per heavy atom. The van der Waals surface area contributed by atoms with Crippen molar-refractivity contribution in [3.8, 4) is 5.75 Å². The summed E-state index contributed by atoms with van der Waals surface area (Å²) >= 11 is 1.54. The van der Waals surface area contributed by atoms with Crippen LogP contribution in [-0.2, 0) is 14.8 Å². The Morgan fingerprint density at radius 1 is 1.32 bits per heavy atom. The SMILES string of the molecule is CCOc1ccc(NC(=O)/C=C/c2ccsc2)cc1S(=O)(=O)N(C)C. The van der Waals surface area contributed by atoms with Gasteiger partial charge in [0, 0.05) is 25.9 Å². The summed E-state index contributed by atoms with van der Waals surface area (Å²) in [5.41, 5.74) is 1.31. The van der Waals surface area contributed by atoms with E-state index in [4.69, 9.17) is 4.74 Å². The van der Waals surface area contributed by atoms with Gasteiger partial charge in [0.05, 0.1) is 6.61 Å². The average Bonchev–Trinajstić information content (AvgIpc) is 3.08. The number of carbonyl (C=O) groups excluding carboxylic acids is 1. The molecule has 0 aliphatic carbocycles. The van der Waals surface area contributed by atoms with Crippen LogP contribution in [0.25, 0.3) is 6.08 Å². The predicted octanol–water partition coefficient (Wildman–Crippen LogP) is 3.05. The van der Waals surface area contributed by atoms with Gasteiger partial charge in [0.15, 0.2) is 0 Å². The van der Waals surface area contributed by atoms with Gasteiger partial charge in [-0.25, -0.2) is 12.7 Å². The maximum atomic E-state index is 12.5. The molecule has 0 bridgehead atoms. The molecule has 0 aliphatic rings. The predicted molar refractivity (Wildman–Crippen MR) is 100 cm³/mol. The van der Waals surface area contributed by atoms with Crippen LogP contribution >= 0.6 is 11.3 Å². The molecule has 1 heterocycles. The van der Waals surface area contributed by atoms with Gasteiger partial charge in [-0.15, -0.1) is 0 Å². The highest BCUT2D eigenvalue weighted by molar-refractivity contribution is 7.89. The van der Waals surface area contributed by atoms with Gasteiger partial charge < -0.3 is 10.1 Å². The molecule has 0 fully saturated rings.